The van der Waals surface area contributed by atoms with Gasteiger partial charge in [-0.1, -0.05) is 28.1 Å². The number of nitrogens with zero attached hydrogens (tertiary/aromatic N) is 2. The second-order valence-electron chi connectivity index (χ2n) is 5.80. The van der Waals surface area contributed by atoms with Gasteiger partial charge in [0, 0.05) is 15.9 Å². The molecular formula is C17H23BrN6OS. The summed E-state index contributed by atoms with van der Waals surface area (Å²) in [5, 5.41) is 5.95. The number of nitrogens with one attached hydrogen (secondary N) is 2. The third-order valence-electron chi connectivity index (χ3n) is 3.71. The standard InChI is InChI=1S/C17H23BrN6OS/c1-10(12-5-7-13(18)8-6-12)23-17(25)24-15(19)21-9-3-4-14-11(2)22-16(20)26-14/h5-8,10H,3-4,9H2,1-2H3,(H2,20,22)(H4,19,21,23,24,25). The Kier molecular flexibility index (Phi) is 7.40. The van der Waals surface area contributed by atoms with Crippen molar-refractivity contribution >= 4 is 44.4 Å². The zero-order valence-electron chi connectivity index (χ0n) is 14.8. The summed E-state index contributed by atoms with van der Waals surface area (Å²) in [5.74, 6) is 0.103. The zero-order valence-corrected chi connectivity index (χ0v) is 17.2. The zero-order chi connectivity index (χ0) is 19.1. The molecular weight excluding hydrogens is 416 g/mol. The van der Waals surface area contributed by atoms with Gasteiger partial charge in [0.05, 0.1) is 11.7 Å². The number of anilines is 1. The molecule has 2 amide bonds. The monoisotopic (exact) mass is 438 g/mol. The number of hydrogen-bond donors (Lipinski definition) is 4. The van der Waals surface area contributed by atoms with E-state index in [9.17, 15) is 4.79 Å². The number of guanidine groups is 1. The minimum absolute atomic E-state index is 0.103. The van der Waals surface area contributed by atoms with Crippen molar-refractivity contribution in [1.29, 1.82) is 0 Å². The summed E-state index contributed by atoms with van der Waals surface area (Å²) in [4.78, 5) is 21.5. The average Bonchev–Trinajstić information content (AvgIpc) is 2.89. The van der Waals surface area contributed by atoms with E-state index in [-0.39, 0.29) is 18.0 Å². The maximum atomic E-state index is 12.0. The van der Waals surface area contributed by atoms with Crippen LogP contribution in [0.5, 0.6) is 0 Å². The first-order valence-electron chi connectivity index (χ1n) is 8.20. The van der Waals surface area contributed by atoms with Crippen molar-refractivity contribution in [2.24, 2.45) is 10.7 Å². The predicted octanol–water partition coefficient (Wildman–Crippen LogP) is 3.10. The van der Waals surface area contributed by atoms with Crippen molar-refractivity contribution < 1.29 is 4.79 Å². The third-order valence-corrected chi connectivity index (χ3v) is 5.29. The van der Waals surface area contributed by atoms with Crippen molar-refractivity contribution in [1.82, 2.24) is 15.6 Å². The topological polar surface area (TPSA) is 118 Å². The highest BCUT2D eigenvalue weighted by Crippen LogP contribution is 2.21. The second-order valence-corrected chi connectivity index (χ2v) is 7.83. The molecule has 0 bridgehead atoms. The van der Waals surface area contributed by atoms with Crippen LogP contribution in [0.15, 0.2) is 33.7 Å². The number of amides is 2. The number of aryl methyl sites for hydroxylation is 2. The van der Waals surface area contributed by atoms with Crippen LogP contribution in [-0.4, -0.2) is 23.5 Å². The molecule has 7 nitrogen and oxygen atoms in total. The Labute approximate surface area is 165 Å². The SMILES string of the molecule is Cc1nc(N)sc1CCCN=C(N)NC(=O)NC(C)c1ccc(Br)cc1. The van der Waals surface area contributed by atoms with Crippen molar-refractivity contribution in [2.75, 3.05) is 12.3 Å². The molecule has 1 unspecified atom stereocenters. The summed E-state index contributed by atoms with van der Waals surface area (Å²) >= 11 is 4.88. The number of nitrogens with two attached hydrogens (primary N) is 2. The van der Waals surface area contributed by atoms with Gasteiger partial charge in [0.1, 0.15) is 0 Å². The highest BCUT2D eigenvalue weighted by atomic mass is 79.9. The Hall–Kier alpha value is -2.13. The first kappa shape index (κ1) is 20.2. The van der Waals surface area contributed by atoms with Gasteiger partial charge in [0.2, 0.25) is 0 Å². The maximum absolute atomic E-state index is 12.0. The molecule has 26 heavy (non-hydrogen) atoms. The molecule has 6 N–H and O–H groups in total. The van der Waals surface area contributed by atoms with Crippen molar-refractivity contribution in [3.05, 3.63) is 44.9 Å². The fourth-order valence-electron chi connectivity index (χ4n) is 2.34. The molecule has 1 atom stereocenters. The summed E-state index contributed by atoms with van der Waals surface area (Å²) < 4.78 is 0.991. The fraction of sp³-hybridized carbons (Fsp3) is 0.353. The molecule has 2 rings (SSSR count). The number of halogens is 1. The van der Waals surface area contributed by atoms with Crippen molar-refractivity contribution in [3.63, 3.8) is 0 Å². The number of benzene rings is 1. The van der Waals surface area contributed by atoms with Crippen LogP contribution in [0.4, 0.5) is 9.93 Å². The number of hydrogen-bond acceptors (Lipinski definition) is 5. The van der Waals surface area contributed by atoms with Gasteiger partial charge < -0.3 is 16.8 Å². The summed E-state index contributed by atoms with van der Waals surface area (Å²) in [6, 6.07) is 7.23. The second kappa shape index (κ2) is 9.54. The van der Waals surface area contributed by atoms with Crippen LogP contribution in [0.25, 0.3) is 0 Å². The van der Waals surface area contributed by atoms with Gasteiger partial charge >= 0.3 is 6.03 Å². The van der Waals surface area contributed by atoms with Gasteiger partial charge in [0.15, 0.2) is 11.1 Å². The molecule has 0 saturated heterocycles. The minimum Gasteiger partial charge on any atom is -0.375 e. The average molecular weight is 439 g/mol. The molecule has 1 heterocycles. The van der Waals surface area contributed by atoms with Gasteiger partial charge in [-0.25, -0.2) is 9.78 Å². The van der Waals surface area contributed by atoms with E-state index < -0.39 is 0 Å². The number of nitrogen functional groups attached to an aromatic ring is 1. The summed E-state index contributed by atoms with van der Waals surface area (Å²) in [5.41, 5.74) is 13.4. The Morgan fingerprint density at radius 2 is 2.08 bits per heavy atom. The summed E-state index contributed by atoms with van der Waals surface area (Å²) in [6.07, 6.45) is 1.64. The molecule has 0 saturated carbocycles. The van der Waals surface area contributed by atoms with Gasteiger partial charge in [-0.15, -0.1) is 11.3 Å². The van der Waals surface area contributed by atoms with Crippen LogP contribution in [0, 0.1) is 6.92 Å². The normalized spacial score (nSPS) is 12.7. The molecule has 2 aromatic rings. The van der Waals surface area contributed by atoms with Crippen LogP contribution in [0.1, 0.15) is 35.5 Å². The lowest BCUT2D eigenvalue weighted by atomic mass is 10.1. The van der Waals surface area contributed by atoms with Crippen LogP contribution in [0.2, 0.25) is 0 Å². The van der Waals surface area contributed by atoms with E-state index in [0.29, 0.717) is 11.7 Å². The molecule has 1 aromatic carbocycles. The lowest BCUT2D eigenvalue weighted by Crippen LogP contribution is -2.44. The van der Waals surface area contributed by atoms with Crippen molar-refractivity contribution in [2.45, 2.75) is 32.7 Å². The predicted molar refractivity (Wildman–Crippen MR) is 110 cm³/mol. The number of carbonyl (C=O) groups excluding carboxylic acids is 1. The maximum Gasteiger partial charge on any atom is 0.322 e. The van der Waals surface area contributed by atoms with E-state index in [1.165, 1.54) is 11.3 Å². The van der Waals surface area contributed by atoms with Gasteiger partial charge in [-0.2, -0.15) is 0 Å². The first-order chi connectivity index (χ1) is 12.3. The Morgan fingerprint density at radius 1 is 1.38 bits per heavy atom. The Morgan fingerprint density at radius 3 is 2.69 bits per heavy atom. The molecule has 1 aromatic heterocycles. The molecule has 0 radical (unpaired) electrons. The van der Waals surface area contributed by atoms with Crippen LogP contribution >= 0.6 is 27.3 Å². The van der Waals surface area contributed by atoms with Crippen LogP contribution < -0.4 is 22.1 Å². The first-order valence-corrected chi connectivity index (χ1v) is 9.80. The molecule has 0 aliphatic rings. The van der Waals surface area contributed by atoms with Crippen LogP contribution in [0.3, 0.4) is 0 Å². The van der Waals surface area contributed by atoms with Crippen LogP contribution in [-0.2, 0) is 6.42 Å². The number of rotatable bonds is 6. The lowest BCUT2D eigenvalue weighted by Gasteiger charge is -2.15. The molecule has 140 valence electrons. The molecule has 0 aliphatic heterocycles. The fourth-order valence-corrected chi connectivity index (χ4v) is 3.48. The Bertz CT molecular complexity index is 774. The number of carbonyl (C=O) groups is 1. The van der Waals surface area contributed by atoms with Gasteiger partial charge in [-0.05, 0) is 44.4 Å². The van der Waals surface area contributed by atoms with Gasteiger partial charge in [0.25, 0.3) is 0 Å². The summed E-state index contributed by atoms with van der Waals surface area (Å²) in [6.45, 7) is 4.36. The van der Waals surface area contributed by atoms with E-state index in [0.717, 1.165) is 33.4 Å². The quantitative estimate of drug-likeness (QED) is 0.314. The lowest BCUT2D eigenvalue weighted by molar-refractivity contribution is 0.242. The highest BCUT2D eigenvalue weighted by molar-refractivity contribution is 9.10. The largest absolute Gasteiger partial charge is 0.375 e. The minimum atomic E-state index is -0.382. The molecule has 0 fully saturated rings. The highest BCUT2D eigenvalue weighted by Gasteiger charge is 2.10. The molecule has 9 heteroatoms. The summed E-state index contributed by atoms with van der Waals surface area (Å²) in [7, 11) is 0. The van der Waals surface area contributed by atoms with Gasteiger partial charge in [-0.3, -0.25) is 10.3 Å². The number of urea groups is 1. The van der Waals surface area contributed by atoms with E-state index >= 15 is 0 Å². The number of aliphatic imine (C=N–C) groups is 1. The Balaban J connectivity index is 1.74. The molecule has 0 aliphatic carbocycles. The van der Waals surface area contributed by atoms with E-state index in [4.69, 9.17) is 11.5 Å². The molecule has 0 spiro atoms. The van der Waals surface area contributed by atoms with E-state index in [2.05, 4.69) is 36.5 Å². The van der Waals surface area contributed by atoms with E-state index in [1.807, 2.05) is 38.1 Å². The van der Waals surface area contributed by atoms with E-state index in [1.54, 1.807) is 0 Å². The smallest absolute Gasteiger partial charge is 0.322 e. The van der Waals surface area contributed by atoms with Crippen molar-refractivity contribution in [3.8, 4) is 0 Å². The third kappa shape index (κ3) is 6.30. The number of aromatic nitrogens is 1. The number of thiazole rings is 1.